The quantitative estimate of drug-likeness (QED) is 0.773. The first-order valence-corrected chi connectivity index (χ1v) is 7.94. The molecule has 0 aliphatic heterocycles. The van der Waals surface area contributed by atoms with Crippen LogP contribution in [0.5, 0.6) is 0 Å². The molecule has 122 valence electrons. The van der Waals surface area contributed by atoms with Crippen LogP contribution in [0.25, 0.3) is 0 Å². The molecule has 5 heteroatoms. The Kier molecular flexibility index (Phi) is 5.91. The minimum atomic E-state index is -0.772. The summed E-state index contributed by atoms with van der Waals surface area (Å²) in [5, 5.41) is 12.4. The Morgan fingerprint density at radius 1 is 1.45 bits per heavy atom. The van der Waals surface area contributed by atoms with Crippen molar-refractivity contribution in [2.24, 2.45) is 0 Å². The van der Waals surface area contributed by atoms with Crippen molar-refractivity contribution in [2.45, 2.75) is 51.2 Å². The molecule has 1 aliphatic carbocycles. The Bertz CT molecular complexity index is 503. The third kappa shape index (κ3) is 4.52. The van der Waals surface area contributed by atoms with Crippen LogP contribution in [-0.2, 0) is 11.2 Å². The summed E-state index contributed by atoms with van der Waals surface area (Å²) in [4.78, 5) is 12.8. The topological polar surface area (TPSA) is 52.6 Å². The van der Waals surface area contributed by atoms with Crippen molar-refractivity contribution < 1.29 is 14.3 Å². The summed E-state index contributed by atoms with van der Waals surface area (Å²) in [6.07, 6.45) is 2.59. The molecule has 1 aromatic rings. The van der Waals surface area contributed by atoms with E-state index in [1.165, 1.54) is 6.07 Å². The van der Waals surface area contributed by atoms with Gasteiger partial charge in [-0.3, -0.25) is 9.69 Å². The van der Waals surface area contributed by atoms with Gasteiger partial charge in [0, 0.05) is 18.1 Å². The van der Waals surface area contributed by atoms with Gasteiger partial charge in [0.15, 0.2) is 0 Å². The zero-order valence-electron chi connectivity index (χ0n) is 13.3. The van der Waals surface area contributed by atoms with E-state index >= 15 is 0 Å². The zero-order valence-corrected chi connectivity index (χ0v) is 13.3. The lowest BCUT2D eigenvalue weighted by Gasteiger charge is -2.43. The molecule has 0 bridgehead atoms. The van der Waals surface area contributed by atoms with Crippen LogP contribution in [0.2, 0.25) is 0 Å². The van der Waals surface area contributed by atoms with Gasteiger partial charge in [-0.2, -0.15) is 0 Å². The van der Waals surface area contributed by atoms with Crippen molar-refractivity contribution in [3.63, 3.8) is 0 Å². The van der Waals surface area contributed by atoms with Gasteiger partial charge in [0.05, 0.1) is 6.54 Å². The molecule has 0 radical (unpaired) electrons. The predicted octanol–water partition coefficient (Wildman–Crippen LogP) is 2.28. The van der Waals surface area contributed by atoms with E-state index in [-0.39, 0.29) is 18.4 Å². The van der Waals surface area contributed by atoms with Crippen molar-refractivity contribution in [3.05, 3.63) is 35.6 Å². The molecule has 0 saturated heterocycles. The van der Waals surface area contributed by atoms with E-state index in [2.05, 4.69) is 12.2 Å². The van der Waals surface area contributed by atoms with Gasteiger partial charge in [-0.15, -0.1) is 0 Å². The highest BCUT2D eigenvalue weighted by atomic mass is 19.1. The number of carboxylic acids is 1. The highest BCUT2D eigenvalue weighted by Gasteiger charge is 2.34. The summed E-state index contributed by atoms with van der Waals surface area (Å²) >= 11 is 0. The maximum atomic E-state index is 13.6. The van der Waals surface area contributed by atoms with E-state index in [0.717, 1.165) is 24.9 Å². The van der Waals surface area contributed by atoms with Gasteiger partial charge in [-0.05, 0) is 44.4 Å². The third-order valence-corrected chi connectivity index (χ3v) is 4.38. The van der Waals surface area contributed by atoms with Crippen molar-refractivity contribution in [3.8, 4) is 0 Å². The van der Waals surface area contributed by atoms with E-state index in [0.29, 0.717) is 18.5 Å². The van der Waals surface area contributed by atoms with E-state index in [1.807, 2.05) is 24.0 Å². The van der Waals surface area contributed by atoms with Crippen LogP contribution in [0.3, 0.4) is 0 Å². The molecule has 1 atom stereocenters. The fraction of sp³-hybridized carbons (Fsp3) is 0.588. The Morgan fingerprint density at radius 2 is 2.14 bits per heavy atom. The van der Waals surface area contributed by atoms with E-state index < -0.39 is 5.97 Å². The standard InChI is InChI=1S/C17H25FN2O2/c1-3-20(11-17(21)22)15-9-14(10-15)19-12(2)8-13-6-4-5-7-16(13)18/h4-7,12,14-15,19H,3,8-11H2,1-2H3,(H,21,22). The first kappa shape index (κ1) is 16.9. The highest BCUT2D eigenvalue weighted by Crippen LogP contribution is 2.26. The van der Waals surface area contributed by atoms with Gasteiger partial charge in [-0.1, -0.05) is 25.1 Å². The molecular formula is C17H25FN2O2. The minimum absolute atomic E-state index is 0.110. The average molecular weight is 308 g/mol. The number of nitrogens with one attached hydrogen (secondary N) is 1. The molecule has 1 unspecified atom stereocenters. The average Bonchev–Trinajstić information content (AvgIpc) is 2.42. The van der Waals surface area contributed by atoms with Crippen LogP contribution in [0.4, 0.5) is 4.39 Å². The van der Waals surface area contributed by atoms with Gasteiger partial charge >= 0.3 is 5.97 Å². The molecule has 0 spiro atoms. The van der Waals surface area contributed by atoms with Gasteiger partial charge in [-0.25, -0.2) is 4.39 Å². The second kappa shape index (κ2) is 7.70. The van der Waals surface area contributed by atoms with Crippen LogP contribution in [0, 0.1) is 5.82 Å². The molecule has 0 amide bonds. The summed E-state index contributed by atoms with van der Waals surface area (Å²) < 4.78 is 13.6. The van der Waals surface area contributed by atoms with Crippen molar-refractivity contribution >= 4 is 5.97 Å². The number of carbonyl (C=O) groups is 1. The van der Waals surface area contributed by atoms with Crippen molar-refractivity contribution in [1.82, 2.24) is 10.2 Å². The number of carboxylic acid groups (broad SMARTS) is 1. The molecule has 1 aromatic carbocycles. The Morgan fingerprint density at radius 3 is 2.73 bits per heavy atom. The number of likely N-dealkylation sites (N-methyl/N-ethyl adjacent to an activating group) is 1. The Labute approximate surface area is 131 Å². The number of halogens is 1. The summed E-state index contributed by atoms with van der Waals surface area (Å²) in [5.74, 6) is -0.924. The van der Waals surface area contributed by atoms with Crippen molar-refractivity contribution in [1.29, 1.82) is 0 Å². The number of hydrogen-bond donors (Lipinski definition) is 2. The second-order valence-electron chi connectivity index (χ2n) is 6.14. The molecular weight excluding hydrogens is 283 g/mol. The van der Waals surface area contributed by atoms with Crippen LogP contribution in [0.1, 0.15) is 32.3 Å². The molecule has 0 aromatic heterocycles. The second-order valence-corrected chi connectivity index (χ2v) is 6.14. The smallest absolute Gasteiger partial charge is 0.317 e. The van der Waals surface area contributed by atoms with Gasteiger partial charge in [0.1, 0.15) is 5.82 Å². The van der Waals surface area contributed by atoms with Crippen LogP contribution in [-0.4, -0.2) is 47.2 Å². The SMILES string of the molecule is CCN(CC(=O)O)C1CC(NC(C)Cc2ccccc2F)C1. The summed E-state index contributed by atoms with van der Waals surface area (Å²) in [6.45, 7) is 4.92. The van der Waals surface area contributed by atoms with E-state index in [1.54, 1.807) is 6.07 Å². The Hall–Kier alpha value is -1.46. The number of hydrogen-bond acceptors (Lipinski definition) is 3. The molecule has 4 nitrogen and oxygen atoms in total. The number of benzene rings is 1. The molecule has 22 heavy (non-hydrogen) atoms. The molecule has 1 saturated carbocycles. The largest absolute Gasteiger partial charge is 0.480 e. The third-order valence-electron chi connectivity index (χ3n) is 4.38. The lowest BCUT2D eigenvalue weighted by molar-refractivity contribution is -0.139. The van der Waals surface area contributed by atoms with Crippen molar-refractivity contribution in [2.75, 3.05) is 13.1 Å². The Balaban J connectivity index is 1.75. The fourth-order valence-corrected chi connectivity index (χ4v) is 3.15. The summed E-state index contributed by atoms with van der Waals surface area (Å²) in [6, 6.07) is 7.83. The molecule has 0 heterocycles. The first-order chi connectivity index (χ1) is 10.5. The molecule has 1 aliphatic rings. The lowest BCUT2D eigenvalue weighted by Crippen LogP contribution is -2.55. The predicted molar refractivity (Wildman–Crippen MR) is 84.4 cm³/mol. The number of aliphatic carboxylic acids is 1. The summed E-state index contributed by atoms with van der Waals surface area (Å²) in [7, 11) is 0. The maximum Gasteiger partial charge on any atom is 0.317 e. The van der Waals surface area contributed by atoms with E-state index in [9.17, 15) is 9.18 Å². The first-order valence-electron chi connectivity index (χ1n) is 7.94. The van der Waals surface area contributed by atoms with Crippen LogP contribution < -0.4 is 5.32 Å². The maximum absolute atomic E-state index is 13.6. The van der Waals surface area contributed by atoms with E-state index in [4.69, 9.17) is 5.11 Å². The monoisotopic (exact) mass is 308 g/mol. The minimum Gasteiger partial charge on any atom is -0.480 e. The fourth-order valence-electron chi connectivity index (χ4n) is 3.15. The number of rotatable bonds is 8. The molecule has 2 rings (SSSR count). The normalized spacial score (nSPS) is 22.4. The zero-order chi connectivity index (χ0) is 16.1. The molecule has 2 N–H and O–H groups in total. The van der Waals surface area contributed by atoms with Crippen LogP contribution >= 0.6 is 0 Å². The van der Waals surface area contributed by atoms with Gasteiger partial charge in [0.25, 0.3) is 0 Å². The van der Waals surface area contributed by atoms with Gasteiger partial charge < -0.3 is 10.4 Å². The number of nitrogens with zero attached hydrogens (tertiary/aromatic N) is 1. The summed E-state index contributed by atoms with van der Waals surface area (Å²) in [5.41, 5.74) is 0.736. The highest BCUT2D eigenvalue weighted by molar-refractivity contribution is 5.69. The molecule has 1 fully saturated rings. The lowest BCUT2D eigenvalue weighted by atomic mass is 9.84. The van der Waals surface area contributed by atoms with Crippen LogP contribution in [0.15, 0.2) is 24.3 Å². The van der Waals surface area contributed by atoms with Gasteiger partial charge in [0.2, 0.25) is 0 Å².